The second-order valence-electron chi connectivity index (χ2n) is 8.95. The Morgan fingerprint density at radius 2 is 0.533 bits per heavy atom. The van der Waals surface area contributed by atoms with Crippen molar-refractivity contribution in [2.75, 3.05) is 0 Å². The van der Waals surface area contributed by atoms with Gasteiger partial charge in [-0.3, -0.25) is 0 Å². The highest BCUT2D eigenvalue weighted by molar-refractivity contribution is 6.39. The van der Waals surface area contributed by atoms with Crippen molar-refractivity contribution in [3.63, 3.8) is 0 Å². The molecule has 0 saturated heterocycles. The minimum Gasteiger partial charge on any atom is -0.0587 e. The van der Waals surface area contributed by atoms with E-state index in [0.717, 1.165) is 0 Å². The van der Waals surface area contributed by atoms with Gasteiger partial charge in [0, 0.05) is 0 Å². The smallest absolute Gasteiger partial charge is 0.00139 e. The monoisotopic (exact) mass is 384 g/mol. The zero-order valence-electron chi connectivity index (χ0n) is 17.9. The van der Waals surface area contributed by atoms with E-state index < -0.39 is 0 Å². The minimum absolute atomic E-state index is 1.31. The van der Waals surface area contributed by atoms with Crippen molar-refractivity contribution < 1.29 is 0 Å². The fourth-order valence-electron chi connectivity index (χ4n) is 5.22. The molecule has 6 aromatic carbocycles. The SMILES string of the molecule is Cc1ccc2c(c1)c1cc(C)ccc1c1c3ccc(C)cc3c3cc(C)ccc3c21. The fourth-order valence-corrected chi connectivity index (χ4v) is 5.22. The second-order valence-corrected chi connectivity index (χ2v) is 8.95. The van der Waals surface area contributed by atoms with E-state index in [9.17, 15) is 0 Å². The van der Waals surface area contributed by atoms with Crippen molar-refractivity contribution in [3.05, 3.63) is 95.1 Å². The number of aryl methyl sites for hydroxylation is 4. The van der Waals surface area contributed by atoms with Gasteiger partial charge in [0.1, 0.15) is 0 Å². The van der Waals surface area contributed by atoms with E-state index in [0.29, 0.717) is 0 Å². The lowest BCUT2D eigenvalue weighted by molar-refractivity contribution is 1.50. The summed E-state index contributed by atoms with van der Waals surface area (Å²) < 4.78 is 0. The van der Waals surface area contributed by atoms with Gasteiger partial charge < -0.3 is 0 Å². The molecule has 0 saturated carbocycles. The van der Waals surface area contributed by atoms with Crippen LogP contribution in [-0.2, 0) is 0 Å². The number of hydrogen-bond acceptors (Lipinski definition) is 0. The zero-order valence-corrected chi connectivity index (χ0v) is 17.9. The van der Waals surface area contributed by atoms with Crippen LogP contribution in [0.5, 0.6) is 0 Å². The van der Waals surface area contributed by atoms with Crippen molar-refractivity contribution in [2.45, 2.75) is 27.7 Å². The first-order chi connectivity index (χ1) is 14.5. The Kier molecular flexibility index (Phi) is 3.53. The highest BCUT2D eigenvalue weighted by Crippen LogP contribution is 2.44. The predicted octanol–water partition coefficient (Wildman–Crippen LogP) is 8.69. The van der Waals surface area contributed by atoms with Gasteiger partial charge in [0.15, 0.2) is 0 Å². The van der Waals surface area contributed by atoms with Gasteiger partial charge in [-0.1, -0.05) is 95.1 Å². The quantitative estimate of drug-likeness (QED) is 0.230. The number of hydrogen-bond donors (Lipinski definition) is 0. The first kappa shape index (κ1) is 17.5. The van der Waals surface area contributed by atoms with E-state index in [4.69, 9.17) is 0 Å². The van der Waals surface area contributed by atoms with Crippen LogP contribution in [-0.4, -0.2) is 0 Å². The Hall–Kier alpha value is -3.38. The molecule has 0 heterocycles. The van der Waals surface area contributed by atoms with Gasteiger partial charge in [0.2, 0.25) is 0 Å². The summed E-state index contributed by atoms with van der Waals surface area (Å²) in [6, 6.07) is 27.7. The first-order valence-corrected chi connectivity index (χ1v) is 10.7. The van der Waals surface area contributed by atoms with Gasteiger partial charge in [-0.05, 0) is 81.6 Å². The molecule has 0 bridgehead atoms. The van der Waals surface area contributed by atoms with Crippen molar-refractivity contribution in [3.8, 4) is 0 Å². The molecule has 6 aromatic rings. The van der Waals surface area contributed by atoms with Crippen LogP contribution >= 0.6 is 0 Å². The summed E-state index contributed by atoms with van der Waals surface area (Å²) in [6.07, 6.45) is 0. The first-order valence-electron chi connectivity index (χ1n) is 10.7. The molecular formula is C30H24. The molecule has 0 heteroatoms. The minimum atomic E-state index is 1.31. The van der Waals surface area contributed by atoms with Gasteiger partial charge in [0.25, 0.3) is 0 Å². The molecule has 6 rings (SSSR count). The molecule has 0 aliphatic heterocycles. The number of rotatable bonds is 0. The Balaban J connectivity index is 2.08. The third kappa shape index (κ3) is 2.34. The molecule has 0 aliphatic rings. The van der Waals surface area contributed by atoms with Crippen LogP contribution in [0.3, 0.4) is 0 Å². The van der Waals surface area contributed by atoms with Crippen LogP contribution < -0.4 is 0 Å². The lowest BCUT2D eigenvalue weighted by Gasteiger charge is -2.17. The summed E-state index contributed by atoms with van der Waals surface area (Å²) in [5, 5.41) is 13.6. The maximum Gasteiger partial charge on any atom is -0.00139 e. The third-order valence-electron chi connectivity index (χ3n) is 6.61. The van der Waals surface area contributed by atoms with Crippen molar-refractivity contribution in [2.24, 2.45) is 0 Å². The maximum absolute atomic E-state index is 2.36. The van der Waals surface area contributed by atoms with Gasteiger partial charge in [-0.2, -0.15) is 0 Å². The highest BCUT2D eigenvalue weighted by atomic mass is 14.2. The molecule has 0 fully saturated rings. The average Bonchev–Trinajstić information content (AvgIpc) is 2.73. The number of benzene rings is 6. The van der Waals surface area contributed by atoms with E-state index in [1.165, 1.54) is 76.1 Å². The molecule has 0 nitrogen and oxygen atoms in total. The fraction of sp³-hybridized carbons (Fsp3) is 0.133. The van der Waals surface area contributed by atoms with Crippen LogP contribution in [0.15, 0.2) is 72.8 Å². The Morgan fingerprint density at radius 1 is 0.300 bits per heavy atom. The van der Waals surface area contributed by atoms with E-state index >= 15 is 0 Å². The summed E-state index contributed by atoms with van der Waals surface area (Å²) >= 11 is 0. The summed E-state index contributed by atoms with van der Waals surface area (Å²) in [7, 11) is 0. The lowest BCUT2D eigenvalue weighted by Crippen LogP contribution is -1.90. The molecule has 0 aliphatic carbocycles. The van der Waals surface area contributed by atoms with Gasteiger partial charge in [0.05, 0.1) is 0 Å². The van der Waals surface area contributed by atoms with Crippen LogP contribution in [0.4, 0.5) is 0 Å². The van der Waals surface area contributed by atoms with Crippen molar-refractivity contribution >= 4 is 53.9 Å². The molecule has 30 heavy (non-hydrogen) atoms. The summed E-state index contributed by atoms with van der Waals surface area (Å²) in [6.45, 7) is 8.76. The van der Waals surface area contributed by atoms with Crippen molar-refractivity contribution in [1.29, 1.82) is 0 Å². The maximum atomic E-state index is 2.36. The van der Waals surface area contributed by atoms with Crippen LogP contribution in [0, 0.1) is 27.7 Å². The summed E-state index contributed by atoms with van der Waals surface area (Å²) in [5.74, 6) is 0. The molecule has 0 N–H and O–H groups in total. The van der Waals surface area contributed by atoms with Crippen LogP contribution in [0.1, 0.15) is 22.3 Å². The Labute approximate surface area is 176 Å². The average molecular weight is 385 g/mol. The van der Waals surface area contributed by atoms with Crippen LogP contribution in [0.25, 0.3) is 53.9 Å². The molecule has 0 amide bonds. The zero-order chi connectivity index (χ0) is 20.6. The van der Waals surface area contributed by atoms with E-state index in [2.05, 4.69) is 100 Å². The van der Waals surface area contributed by atoms with Gasteiger partial charge >= 0.3 is 0 Å². The van der Waals surface area contributed by atoms with Crippen molar-refractivity contribution in [1.82, 2.24) is 0 Å². The highest BCUT2D eigenvalue weighted by Gasteiger charge is 2.16. The predicted molar refractivity (Wildman–Crippen MR) is 133 cm³/mol. The van der Waals surface area contributed by atoms with Gasteiger partial charge in [-0.15, -0.1) is 0 Å². The lowest BCUT2D eigenvalue weighted by atomic mass is 9.86. The van der Waals surface area contributed by atoms with E-state index in [1.807, 2.05) is 0 Å². The molecule has 0 unspecified atom stereocenters. The van der Waals surface area contributed by atoms with Crippen LogP contribution in [0.2, 0.25) is 0 Å². The van der Waals surface area contributed by atoms with Gasteiger partial charge in [-0.25, -0.2) is 0 Å². The van der Waals surface area contributed by atoms with E-state index in [1.54, 1.807) is 0 Å². The topological polar surface area (TPSA) is 0 Å². The molecular weight excluding hydrogens is 360 g/mol. The molecule has 0 aromatic heterocycles. The normalized spacial score (nSPS) is 12.0. The molecule has 144 valence electrons. The molecule has 0 radical (unpaired) electrons. The summed E-state index contributed by atoms with van der Waals surface area (Å²) in [5.41, 5.74) is 5.23. The second kappa shape index (κ2) is 6.06. The van der Waals surface area contributed by atoms with E-state index in [-0.39, 0.29) is 0 Å². The molecule has 0 atom stereocenters. The third-order valence-corrected chi connectivity index (χ3v) is 6.61. The standard InChI is InChI=1S/C30H24/c1-17-5-9-21-25(13-17)26-14-18(2)6-10-22(26)30-24-12-8-20(4)16-28(24)27-15-19(3)7-11-23(27)29(21)30/h5-16H,1-4H3. The Morgan fingerprint density at radius 3 is 0.767 bits per heavy atom. The number of fused-ring (bicyclic) bond motifs is 11. The summed E-state index contributed by atoms with van der Waals surface area (Å²) in [4.78, 5) is 0. The Bertz CT molecular complexity index is 1420. The largest absolute Gasteiger partial charge is 0.0587 e. The molecule has 0 spiro atoms.